The third-order valence-corrected chi connectivity index (χ3v) is 6.45. The van der Waals surface area contributed by atoms with Crippen LogP contribution in [0.2, 0.25) is 0 Å². The molecule has 3 aliphatic rings. The molecule has 0 spiro atoms. The number of hydrogen-bond acceptors (Lipinski definition) is 4. The van der Waals surface area contributed by atoms with Gasteiger partial charge in [0.25, 0.3) is 0 Å². The number of imidazole rings is 1. The number of piperidine rings is 1. The average molecular weight is 445 g/mol. The summed E-state index contributed by atoms with van der Waals surface area (Å²) in [6.45, 7) is -0.173. The molecule has 2 atom stereocenters. The third kappa shape index (κ3) is 4.11. The van der Waals surface area contributed by atoms with Gasteiger partial charge in [0.05, 0.1) is 17.8 Å². The van der Waals surface area contributed by atoms with Crippen molar-refractivity contribution < 1.29 is 26.3 Å². The van der Waals surface area contributed by atoms with Crippen molar-refractivity contribution in [2.24, 2.45) is 17.8 Å². The van der Waals surface area contributed by atoms with Crippen LogP contribution in [-0.4, -0.2) is 45.2 Å². The molecule has 2 aromatic heterocycles. The molecule has 1 saturated heterocycles. The lowest BCUT2D eigenvalue weighted by molar-refractivity contribution is -0.144. The van der Waals surface area contributed by atoms with Gasteiger partial charge in [0.15, 0.2) is 0 Å². The van der Waals surface area contributed by atoms with Gasteiger partial charge in [-0.3, -0.25) is 4.90 Å². The van der Waals surface area contributed by atoms with E-state index < -0.39 is 30.3 Å². The number of rotatable bonds is 5. The number of hydrogen-bond donors (Lipinski definition) is 1. The van der Waals surface area contributed by atoms with Crippen LogP contribution in [0, 0.1) is 17.8 Å². The van der Waals surface area contributed by atoms with E-state index in [9.17, 15) is 26.3 Å². The maximum atomic E-state index is 13.2. The first-order valence-electron chi connectivity index (χ1n) is 10.2. The molecule has 2 aromatic rings. The Hall–Kier alpha value is -2.30. The van der Waals surface area contributed by atoms with E-state index in [2.05, 4.69) is 9.97 Å². The standard InChI is InChI=1S/C20H21F6N5/c21-19(22,23)9-30-6-12-13(7-30)17(12)31-8-15(29-16(31)3-10-1-2-10)11-4-14(20(24,25)26)18(27)28-5-11/h4-5,8,10,12-13,17H,1-3,6-7,9H2,(H2,27,28). The van der Waals surface area contributed by atoms with Crippen molar-refractivity contribution in [1.29, 1.82) is 0 Å². The molecule has 3 fully saturated rings. The van der Waals surface area contributed by atoms with Crippen LogP contribution in [0.5, 0.6) is 0 Å². The summed E-state index contributed by atoms with van der Waals surface area (Å²) in [4.78, 5) is 9.71. The zero-order valence-electron chi connectivity index (χ0n) is 16.4. The Kier molecular flexibility index (Phi) is 4.55. The van der Waals surface area contributed by atoms with Gasteiger partial charge in [0, 0.05) is 43.5 Å². The highest BCUT2D eigenvalue weighted by atomic mass is 19.4. The topological polar surface area (TPSA) is 60.0 Å². The molecule has 11 heteroatoms. The maximum absolute atomic E-state index is 13.2. The lowest BCUT2D eigenvalue weighted by Gasteiger charge is -2.21. The molecule has 5 rings (SSSR count). The summed E-state index contributed by atoms with van der Waals surface area (Å²) in [5.74, 6) is 0.917. The fraction of sp³-hybridized carbons (Fsp3) is 0.600. The quantitative estimate of drug-likeness (QED) is 0.703. The second-order valence-corrected chi connectivity index (χ2v) is 8.88. The van der Waals surface area contributed by atoms with Crippen LogP contribution in [-0.2, 0) is 12.6 Å². The summed E-state index contributed by atoms with van der Waals surface area (Å²) in [5, 5.41) is 0. The Labute approximate surface area is 174 Å². The van der Waals surface area contributed by atoms with Gasteiger partial charge in [-0.25, -0.2) is 9.97 Å². The first-order valence-corrected chi connectivity index (χ1v) is 10.2. The normalized spacial score (nSPS) is 26.3. The Morgan fingerprint density at radius 2 is 1.74 bits per heavy atom. The van der Waals surface area contributed by atoms with Crippen molar-refractivity contribution in [3.63, 3.8) is 0 Å². The molecule has 0 bridgehead atoms. The molecule has 2 unspecified atom stereocenters. The van der Waals surface area contributed by atoms with Gasteiger partial charge in [-0.15, -0.1) is 0 Å². The van der Waals surface area contributed by atoms with Gasteiger partial charge in [-0.05, 0) is 36.7 Å². The number of nitrogens with zero attached hydrogens (tertiary/aromatic N) is 4. The van der Waals surface area contributed by atoms with Gasteiger partial charge in [0.1, 0.15) is 11.6 Å². The molecule has 0 aromatic carbocycles. The van der Waals surface area contributed by atoms with E-state index in [0.717, 1.165) is 31.2 Å². The number of nitrogen functional groups attached to an aromatic ring is 1. The number of fused-ring (bicyclic) bond motifs is 1. The maximum Gasteiger partial charge on any atom is 0.419 e. The van der Waals surface area contributed by atoms with E-state index in [-0.39, 0.29) is 23.4 Å². The number of likely N-dealkylation sites (tertiary alicyclic amines) is 1. The van der Waals surface area contributed by atoms with Gasteiger partial charge in [-0.2, -0.15) is 26.3 Å². The first-order chi connectivity index (χ1) is 14.5. The smallest absolute Gasteiger partial charge is 0.383 e. The molecule has 2 N–H and O–H groups in total. The van der Waals surface area contributed by atoms with Gasteiger partial charge in [0.2, 0.25) is 0 Å². The van der Waals surface area contributed by atoms with Crippen molar-refractivity contribution in [1.82, 2.24) is 19.4 Å². The summed E-state index contributed by atoms with van der Waals surface area (Å²) < 4.78 is 79.7. The zero-order chi connectivity index (χ0) is 22.1. The number of alkyl halides is 6. The van der Waals surface area contributed by atoms with Gasteiger partial charge >= 0.3 is 12.4 Å². The van der Waals surface area contributed by atoms with Crippen LogP contribution < -0.4 is 5.73 Å². The second kappa shape index (κ2) is 6.85. The summed E-state index contributed by atoms with van der Waals surface area (Å²) in [7, 11) is 0. The van der Waals surface area contributed by atoms with Crippen LogP contribution in [0.1, 0.15) is 30.3 Å². The number of pyridine rings is 1. The molecule has 5 nitrogen and oxygen atoms in total. The summed E-state index contributed by atoms with van der Waals surface area (Å²) in [6.07, 6.45) is -2.96. The van der Waals surface area contributed by atoms with Crippen LogP contribution >= 0.6 is 0 Å². The van der Waals surface area contributed by atoms with Crippen LogP contribution in [0.4, 0.5) is 32.2 Å². The lowest BCUT2D eigenvalue weighted by atomic mass is 10.1. The van der Waals surface area contributed by atoms with Crippen LogP contribution in [0.15, 0.2) is 18.5 Å². The predicted octanol–water partition coefficient (Wildman–Crippen LogP) is 4.16. The van der Waals surface area contributed by atoms with E-state index in [1.165, 1.54) is 11.1 Å². The Bertz CT molecular complexity index is 981. The molecule has 1 aliphatic heterocycles. The third-order valence-electron chi connectivity index (χ3n) is 6.45. The Morgan fingerprint density at radius 3 is 2.32 bits per heavy atom. The minimum absolute atomic E-state index is 0.0447. The van der Waals surface area contributed by atoms with Crippen molar-refractivity contribution in [2.45, 2.75) is 37.7 Å². The van der Waals surface area contributed by atoms with E-state index in [4.69, 9.17) is 5.73 Å². The number of nitrogens with two attached hydrogens (primary N) is 1. The van der Waals surface area contributed by atoms with Crippen molar-refractivity contribution in [3.8, 4) is 11.3 Å². The molecule has 2 saturated carbocycles. The van der Waals surface area contributed by atoms with Crippen molar-refractivity contribution >= 4 is 5.82 Å². The minimum atomic E-state index is -4.62. The summed E-state index contributed by atoms with van der Waals surface area (Å²) in [5.41, 5.74) is 5.00. The average Bonchev–Trinajstić information content (AvgIpc) is 3.49. The van der Waals surface area contributed by atoms with E-state index >= 15 is 0 Å². The largest absolute Gasteiger partial charge is 0.419 e. The molecule has 0 radical (unpaired) electrons. The lowest BCUT2D eigenvalue weighted by Crippen LogP contribution is -2.34. The first kappa shape index (κ1) is 20.6. The SMILES string of the molecule is Nc1ncc(-c2cn(C3C4CN(CC(F)(F)F)CC43)c(CC3CC3)n2)cc1C(F)(F)F. The predicted molar refractivity (Wildman–Crippen MR) is 99.8 cm³/mol. The van der Waals surface area contributed by atoms with E-state index in [1.807, 2.05) is 4.57 Å². The number of halogens is 6. The van der Waals surface area contributed by atoms with E-state index in [1.54, 1.807) is 6.20 Å². The van der Waals surface area contributed by atoms with Gasteiger partial charge < -0.3 is 10.3 Å². The monoisotopic (exact) mass is 445 g/mol. The highest BCUT2D eigenvalue weighted by molar-refractivity contribution is 5.62. The molecule has 168 valence electrons. The molecular weight excluding hydrogens is 424 g/mol. The second-order valence-electron chi connectivity index (χ2n) is 8.88. The van der Waals surface area contributed by atoms with Crippen molar-refractivity contribution in [3.05, 3.63) is 29.8 Å². The number of aromatic nitrogens is 3. The van der Waals surface area contributed by atoms with Crippen molar-refractivity contribution in [2.75, 3.05) is 25.4 Å². The fourth-order valence-corrected chi connectivity index (χ4v) is 4.78. The highest BCUT2D eigenvalue weighted by Gasteiger charge is 2.58. The molecule has 3 heterocycles. The molecule has 2 aliphatic carbocycles. The minimum Gasteiger partial charge on any atom is -0.383 e. The van der Waals surface area contributed by atoms with E-state index in [0.29, 0.717) is 24.7 Å². The van der Waals surface area contributed by atoms with Gasteiger partial charge in [-0.1, -0.05) is 0 Å². The summed E-state index contributed by atoms with van der Waals surface area (Å²) in [6, 6.07) is 0.998. The zero-order valence-corrected chi connectivity index (χ0v) is 16.4. The summed E-state index contributed by atoms with van der Waals surface area (Å²) >= 11 is 0. The number of anilines is 1. The molecule has 31 heavy (non-hydrogen) atoms. The van der Waals surface area contributed by atoms with Crippen LogP contribution in [0.3, 0.4) is 0 Å². The highest BCUT2D eigenvalue weighted by Crippen LogP contribution is 2.56. The Balaban J connectivity index is 1.40. The fourth-order valence-electron chi connectivity index (χ4n) is 4.78. The Morgan fingerprint density at radius 1 is 1.06 bits per heavy atom. The molecule has 0 amide bonds. The molecular formula is C20H21F6N5. The van der Waals surface area contributed by atoms with Crippen LogP contribution in [0.25, 0.3) is 11.3 Å².